The van der Waals surface area contributed by atoms with Gasteiger partial charge in [-0.05, 0) is 30.5 Å². The van der Waals surface area contributed by atoms with Crippen molar-refractivity contribution in [2.45, 2.75) is 24.2 Å². The van der Waals surface area contributed by atoms with Crippen LogP contribution in [0.5, 0.6) is 0 Å². The summed E-state index contributed by atoms with van der Waals surface area (Å²) < 4.78 is 24.9. The van der Waals surface area contributed by atoms with Gasteiger partial charge in [0.25, 0.3) is 0 Å². The quantitative estimate of drug-likeness (QED) is 0.811. The zero-order valence-corrected chi connectivity index (χ0v) is 11.4. The normalized spacial score (nSPS) is 15.9. The van der Waals surface area contributed by atoms with Crippen LogP contribution in [0.2, 0.25) is 0 Å². The highest BCUT2D eigenvalue weighted by Gasteiger charge is 2.29. The van der Waals surface area contributed by atoms with Crippen molar-refractivity contribution in [3.63, 3.8) is 0 Å². The number of hydrogen-bond acceptors (Lipinski definition) is 3. The zero-order chi connectivity index (χ0) is 13.3. The fourth-order valence-corrected chi connectivity index (χ4v) is 2.64. The van der Waals surface area contributed by atoms with Gasteiger partial charge in [0.15, 0.2) is 0 Å². The smallest absolute Gasteiger partial charge is 0.242 e. The SMILES string of the molecule is CN(C)S(=O)(=O)c1ccc(CC(=O)C2CC2)cc1. The van der Waals surface area contributed by atoms with Gasteiger partial charge in [-0.2, -0.15) is 0 Å². The van der Waals surface area contributed by atoms with E-state index in [9.17, 15) is 13.2 Å². The standard InChI is InChI=1S/C13H17NO3S/c1-14(2)18(16,17)12-7-3-10(4-8-12)9-13(15)11-5-6-11/h3-4,7-8,11H,5-6,9H2,1-2H3. The number of ketones is 1. The van der Waals surface area contributed by atoms with Crippen LogP contribution < -0.4 is 0 Å². The molecule has 0 bridgehead atoms. The van der Waals surface area contributed by atoms with Gasteiger partial charge in [-0.1, -0.05) is 12.1 Å². The first-order chi connectivity index (χ1) is 8.41. The summed E-state index contributed by atoms with van der Waals surface area (Å²) in [5.41, 5.74) is 0.879. The van der Waals surface area contributed by atoms with Gasteiger partial charge in [0.05, 0.1) is 4.90 Å². The van der Waals surface area contributed by atoms with Crippen LogP contribution in [0, 0.1) is 5.92 Å². The minimum atomic E-state index is -3.38. The molecular formula is C13H17NO3S. The maximum Gasteiger partial charge on any atom is 0.242 e. The molecular weight excluding hydrogens is 250 g/mol. The van der Waals surface area contributed by atoms with Crippen LogP contribution in [-0.4, -0.2) is 32.6 Å². The average Bonchev–Trinajstić information content (AvgIpc) is 3.13. The van der Waals surface area contributed by atoms with Gasteiger partial charge in [-0.25, -0.2) is 12.7 Å². The van der Waals surface area contributed by atoms with Crippen LogP contribution in [0.4, 0.5) is 0 Å². The van der Waals surface area contributed by atoms with Crippen molar-refractivity contribution in [2.24, 2.45) is 5.92 Å². The summed E-state index contributed by atoms with van der Waals surface area (Å²) in [7, 11) is -0.378. The molecule has 5 heteroatoms. The van der Waals surface area contributed by atoms with Crippen molar-refractivity contribution < 1.29 is 13.2 Å². The molecule has 2 rings (SSSR count). The van der Waals surface area contributed by atoms with Crippen LogP contribution >= 0.6 is 0 Å². The van der Waals surface area contributed by atoms with Gasteiger partial charge in [-0.3, -0.25) is 4.79 Å². The number of Topliss-reactive ketones (excluding diaryl/α,β-unsaturated/α-hetero) is 1. The predicted octanol–water partition coefficient (Wildman–Crippen LogP) is 1.46. The van der Waals surface area contributed by atoms with Gasteiger partial charge >= 0.3 is 0 Å². The lowest BCUT2D eigenvalue weighted by atomic mass is 10.1. The van der Waals surface area contributed by atoms with Crippen molar-refractivity contribution in [1.82, 2.24) is 4.31 Å². The molecule has 1 fully saturated rings. The second-order valence-corrected chi connectivity index (χ2v) is 7.00. The van der Waals surface area contributed by atoms with Gasteiger partial charge < -0.3 is 0 Å². The molecule has 1 saturated carbocycles. The van der Waals surface area contributed by atoms with Crippen LogP contribution in [0.25, 0.3) is 0 Å². The van der Waals surface area contributed by atoms with E-state index < -0.39 is 10.0 Å². The largest absolute Gasteiger partial charge is 0.299 e. The highest BCUT2D eigenvalue weighted by atomic mass is 32.2. The Labute approximate surface area is 108 Å². The molecule has 1 aromatic carbocycles. The van der Waals surface area contributed by atoms with E-state index in [4.69, 9.17) is 0 Å². The molecule has 98 valence electrons. The van der Waals surface area contributed by atoms with Gasteiger partial charge in [0.1, 0.15) is 5.78 Å². The van der Waals surface area contributed by atoms with Crippen LogP contribution in [0.3, 0.4) is 0 Å². The molecule has 4 nitrogen and oxygen atoms in total. The summed E-state index contributed by atoms with van der Waals surface area (Å²) in [6.45, 7) is 0. The van der Waals surface area contributed by atoms with Crippen molar-refractivity contribution in [3.8, 4) is 0 Å². The molecule has 0 heterocycles. The van der Waals surface area contributed by atoms with E-state index in [1.165, 1.54) is 18.4 Å². The summed E-state index contributed by atoms with van der Waals surface area (Å²) >= 11 is 0. The molecule has 0 N–H and O–H groups in total. The third-order valence-corrected chi connectivity index (χ3v) is 4.94. The second-order valence-electron chi connectivity index (χ2n) is 4.85. The molecule has 1 aliphatic carbocycles. The highest BCUT2D eigenvalue weighted by molar-refractivity contribution is 7.89. The maximum atomic E-state index is 11.8. The Bertz CT molecular complexity index is 542. The molecule has 0 radical (unpaired) electrons. The average molecular weight is 267 g/mol. The van der Waals surface area contributed by atoms with E-state index in [1.807, 2.05) is 0 Å². The van der Waals surface area contributed by atoms with Gasteiger partial charge in [0.2, 0.25) is 10.0 Å². The first-order valence-corrected chi connectivity index (χ1v) is 7.39. The Morgan fingerprint density at radius 3 is 2.22 bits per heavy atom. The summed E-state index contributed by atoms with van der Waals surface area (Å²) in [5, 5.41) is 0. The molecule has 0 unspecified atom stereocenters. The van der Waals surface area contributed by atoms with Crippen LogP contribution in [0.15, 0.2) is 29.2 Å². The lowest BCUT2D eigenvalue weighted by Gasteiger charge is -2.11. The molecule has 18 heavy (non-hydrogen) atoms. The topological polar surface area (TPSA) is 54.5 Å². The molecule has 1 aromatic rings. The number of benzene rings is 1. The maximum absolute atomic E-state index is 11.8. The fraction of sp³-hybridized carbons (Fsp3) is 0.462. The van der Waals surface area contributed by atoms with Gasteiger partial charge in [-0.15, -0.1) is 0 Å². The number of carbonyl (C=O) groups is 1. The first kappa shape index (κ1) is 13.2. The third kappa shape index (κ3) is 2.79. The van der Waals surface area contributed by atoms with E-state index in [0.717, 1.165) is 18.4 Å². The first-order valence-electron chi connectivity index (χ1n) is 5.95. The molecule has 0 aliphatic heterocycles. The van der Waals surface area contributed by atoms with Crippen molar-refractivity contribution in [3.05, 3.63) is 29.8 Å². The Hall–Kier alpha value is -1.20. The van der Waals surface area contributed by atoms with Crippen molar-refractivity contribution >= 4 is 15.8 Å². The number of carbonyl (C=O) groups excluding carboxylic acids is 1. The van der Waals surface area contributed by atoms with E-state index >= 15 is 0 Å². The van der Waals surface area contributed by atoms with Crippen molar-refractivity contribution in [2.75, 3.05) is 14.1 Å². The Morgan fingerprint density at radius 1 is 1.22 bits per heavy atom. The van der Waals surface area contributed by atoms with E-state index in [0.29, 0.717) is 6.42 Å². The van der Waals surface area contributed by atoms with Crippen molar-refractivity contribution in [1.29, 1.82) is 0 Å². The van der Waals surface area contributed by atoms with E-state index in [1.54, 1.807) is 24.3 Å². The summed E-state index contributed by atoms with van der Waals surface area (Å²) in [4.78, 5) is 11.9. The molecule has 0 spiro atoms. The lowest BCUT2D eigenvalue weighted by Crippen LogP contribution is -2.22. The number of nitrogens with zero attached hydrogens (tertiary/aromatic N) is 1. The summed E-state index contributed by atoms with van der Waals surface area (Å²) in [6, 6.07) is 6.56. The molecule has 0 amide bonds. The van der Waals surface area contributed by atoms with Crippen LogP contribution in [-0.2, 0) is 21.2 Å². The van der Waals surface area contributed by atoms with Gasteiger partial charge in [0, 0.05) is 26.4 Å². The Kier molecular flexibility index (Phi) is 3.54. The third-order valence-electron chi connectivity index (χ3n) is 3.11. The Morgan fingerprint density at radius 2 is 1.78 bits per heavy atom. The predicted molar refractivity (Wildman–Crippen MR) is 68.7 cm³/mol. The number of rotatable bonds is 5. The highest BCUT2D eigenvalue weighted by Crippen LogP contribution is 2.31. The van der Waals surface area contributed by atoms with E-state index in [-0.39, 0.29) is 16.6 Å². The number of sulfonamides is 1. The zero-order valence-electron chi connectivity index (χ0n) is 10.6. The molecule has 0 saturated heterocycles. The second kappa shape index (κ2) is 4.82. The summed E-state index contributed by atoms with van der Waals surface area (Å²) in [6.07, 6.45) is 2.42. The fourth-order valence-electron chi connectivity index (χ4n) is 1.74. The van der Waals surface area contributed by atoms with E-state index in [2.05, 4.69) is 0 Å². The molecule has 0 aromatic heterocycles. The number of hydrogen-bond donors (Lipinski definition) is 0. The minimum Gasteiger partial charge on any atom is -0.299 e. The summed E-state index contributed by atoms with van der Waals surface area (Å²) in [5.74, 6) is 0.508. The monoisotopic (exact) mass is 267 g/mol. The lowest BCUT2D eigenvalue weighted by molar-refractivity contribution is -0.119. The molecule has 1 aliphatic rings. The molecule has 0 atom stereocenters. The Balaban J connectivity index is 2.12. The minimum absolute atomic E-state index is 0.246. The van der Waals surface area contributed by atoms with Crippen LogP contribution in [0.1, 0.15) is 18.4 Å².